The van der Waals surface area contributed by atoms with Crippen molar-refractivity contribution in [2.45, 2.75) is 25.4 Å². The molecule has 1 aliphatic rings. The summed E-state index contributed by atoms with van der Waals surface area (Å²) >= 11 is 0. The van der Waals surface area contributed by atoms with Gasteiger partial charge in [0.05, 0.1) is 12.6 Å². The number of rotatable bonds is 4. The van der Waals surface area contributed by atoms with E-state index in [1.165, 1.54) is 18.5 Å². The maximum Gasteiger partial charge on any atom is 0.241 e. The van der Waals surface area contributed by atoms with Crippen molar-refractivity contribution in [3.05, 3.63) is 60.2 Å². The molecule has 1 aromatic carbocycles. The summed E-state index contributed by atoms with van der Waals surface area (Å²) in [4.78, 5) is 6.98. The van der Waals surface area contributed by atoms with Gasteiger partial charge in [-0.1, -0.05) is 35.5 Å². The summed E-state index contributed by atoms with van der Waals surface area (Å²) in [7, 11) is 2.10. The minimum absolute atomic E-state index is 0.432. The number of nitrogens with zero attached hydrogens (tertiary/aromatic N) is 4. The van der Waals surface area contributed by atoms with Crippen molar-refractivity contribution in [2.24, 2.45) is 7.05 Å². The second-order valence-electron chi connectivity index (χ2n) is 6.05. The Balaban J connectivity index is 1.52. The van der Waals surface area contributed by atoms with Gasteiger partial charge in [-0.3, -0.25) is 4.90 Å². The molecule has 1 aliphatic heterocycles. The molecule has 3 heterocycles. The van der Waals surface area contributed by atoms with Gasteiger partial charge in [-0.15, -0.1) is 0 Å². The van der Waals surface area contributed by atoms with E-state index in [1.807, 2.05) is 30.3 Å². The van der Waals surface area contributed by atoms with Crippen molar-refractivity contribution < 1.29 is 4.52 Å². The molecule has 2 aromatic heterocycles. The molecule has 0 saturated carbocycles. The normalized spacial score (nSPS) is 18.6. The smallest absolute Gasteiger partial charge is 0.241 e. The predicted molar refractivity (Wildman–Crippen MR) is 87.5 cm³/mol. The van der Waals surface area contributed by atoms with Gasteiger partial charge in [-0.2, -0.15) is 4.98 Å². The van der Waals surface area contributed by atoms with Gasteiger partial charge in [0.2, 0.25) is 11.7 Å². The van der Waals surface area contributed by atoms with Crippen LogP contribution in [0, 0.1) is 0 Å². The van der Waals surface area contributed by atoms with Crippen LogP contribution in [0.3, 0.4) is 0 Å². The summed E-state index contributed by atoms with van der Waals surface area (Å²) < 4.78 is 7.67. The third-order valence-electron chi connectivity index (χ3n) is 4.53. The fourth-order valence-electron chi connectivity index (χ4n) is 3.37. The van der Waals surface area contributed by atoms with E-state index in [2.05, 4.69) is 45.0 Å². The summed E-state index contributed by atoms with van der Waals surface area (Å²) in [5.41, 5.74) is 2.34. The van der Waals surface area contributed by atoms with Crippen LogP contribution < -0.4 is 0 Å². The van der Waals surface area contributed by atoms with E-state index in [4.69, 9.17) is 4.52 Å². The lowest BCUT2D eigenvalue weighted by atomic mass is 10.1. The van der Waals surface area contributed by atoms with Crippen molar-refractivity contribution in [1.29, 1.82) is 0 Å². The van der Waals surface area contributed by atoms with Crippen molar-refractivity contribution in [3.63, 3.8) is 0 Å². The van der Waals surface area contributed by atoms with E-state index in [0.717, 1.165) is 12.1 Å². The van der Waals surface area contributed by atoms with Crippen molar-refractivity contribution in [1.82, 2.24) is 19.6 Å². The largest absolute Gasteiger partial charge is 0.353 e. The predicted octanol–water partition coefficient (Wildman–Crippen LogP) is 3.41. The number of hydrogen-bond donors (Lipinski definition) is 0. The Labute approximate surface area is 135 Å². The highest BCUT2D eigenvalue weighted by Gasteiger charge is 2.29. The summed E-state index contributed by atoms with van der Waals surface area (Å²) in [6.45, 7) is 1.77. The van der Waals surface area contributed by atoms with Gasteiger partial charge in [0.25, 0.3) is 0 Å². The molecular weight excluding hydrogens is 288 g/mol. The quantitative estimate of drug-likeness (QED) is 0.741. The first-order chi connectivity index (χ1) is 11.3. The van der Waals surface area contributed by atoms with Gasteiger partial charge in [0.1, 0.15) is 0 Å². The van der Waals surface area contributed by atoms with Gasteiger partial charge < -0.3 is 9.09 Å². The Morgan fingerprint density at radius 3 is 2.83 bits per heavy atom. The molecule has 1 saturated heterocycles. The zero-order valence-electron chi connectivity index (χ0n) is 13.2. The lowest BCUT2D eigenvalue weighted by molar-refractivity contribution is 0.207. The summed E-state index contributed by atoms with van der Waals surface area (Å²) in [5.74, 6) is 1.35. The fourth-order valence-corrected chi connectivity index (χ4v) is 3.37. The summed E-state index contributed by atoms with van der Waals surface area (Å²) in [5, 5.41) is 4.12. The SMILES string of the molecule is Cn1cccc1[C@H]1CCCN1Cc1nc(-c2ccccc2)no1. The summed E-state index contributed by atoms with van der Waals surface area (Å²) in [6.07, 6.45) is 4.49. The Kier molecular flexibility index (Phi) is 3.71. The maximum absolute atomic E-state index is 5.47. The first-order valence-electron chi connectivity index (χ1n) is 8.04. The standard InChI is InChI=1S/C18H20N4O/c1-21-11-5-9-15(21)16-10-6-12-22(16)13-17-19-18(20-23-17)14-7-3-2-4-8-14/h2-5,7-9,11,16H,6,10,12-13H2,1H3/t16-/m1/s1. The fraction of sp³-hybridized carbons (Fsp3) is 0.333. The Hall–Kier alpha value is -2.40. The average molecular weight is 308 g/mol. The zero-order chi connectivity index (χ0) is 15.6. The molecule has 0 radical (unpaired) electrons. The van der Waals surface area contributed by atoms with Gasteiger partial charge in [-0.25, -0.2) is 0 Å². The molecule has 4 rings (SSSR count). The zero-order valence-corrected chi connectivity index (χ0v) is 13.2. The second-order valence-corrected chi connectivity index (χ2v) is 6.05. The van der Waals surface area contributed by atoms with E-state index < -0.39 is 0 Å². The molecule has 0 bridgehead atoms. The molecule has 0 amide bonds. The molecule has 0 unspecified atom stereocenters. The van der Waals surface area contributed by atoms with Crippen LogP contribution in [0.15, 0.2) is 53.2 Å². The van der Waals surface area contributed by atoms with Crippen molar-refractivity contribution in [3.8, 4) is 11.4 Å². The molecule has 1 atom stereocenters. The van der Waals surface area contributed by atoms with E-state index in [1.54, 1.807) is 0 Å². The number of aromatic nitrogens is 3. The number of aryl methyl sites for hydroxylation is 1. The number of hydrogen-bond acceptors (Lipinski definition) is 4. The lowest BCUT2D eigenvalue weighted by Crippen LogP contribution is -2.24. The van der Waals surface area contributed by atoms with Crippen LogP contribution in [0.25, 0.3) is 11.4 Å². The number of benzene rings is 1. The van der Waals surface area contributed by atoms with Gasteiger partial charge in [-0.05, 0) is 31.5 Å². The van der Waals surface area contributed by atoms with Crippen LogP contribution in [-0.4, -0.2) is 26.2 Å². The molecule has 5 nitrogen and oxygen atoms in total. The van der Waals surface area contributed by atoms with Crippen LogP contribution >= 0.6 is 0 Å². The molecule has 3 aromatic rings. The average Bonchev–Trinajstić information content (AvgIpc) is 3.30. The Bertz CT molecular complexity index is 777. The van der Waals surface area contributed by atoms with Gasteiger partial charge in [0.15, 0.2) is 0 Å². The van der Waals surface area contributed by atoms with Crippen LogP contribution in [0.2, 0.25) is 0 Å². The molecule has 1 fully saturated rings. The van der Waals surface area contributed by atoms with E-state index >= 15 is 0 Å². The first-order valence-corrected chi connectivity index (χ1v) is 8.04. The molecule has 118 valence electrons. The van der Waals surface area contributed by atoms with E-state index in [0.29, 0.717) is 24.3 Å². The molecule has 23 heavy (non-hydrogen) atoms. The Morgan fingerprint density at radius 2 is 2.04 bits per heavy atom. The highest BCUT2D eigenvalue weighted by atomic mass is 16.5. The first kappa shape index (κ1) is 14.2. The van der Waals surface area contributed by atoms with Crippen LogP contribution in [0.5, 0.6) is 0 Å². The minimum Gasteiger partial charge on any atom is -0.353 e. The minimum atomic E-state index is 0.432. The molecule has 0 aliphatic carbocycles. The van der Waals surface area contributed by atoms with Crippen LogP contribution in [0.4, 0.5) is 0 Å². The molecular formula is C18H20N4O. The topological polar surface area (TPSA) is 47.1 Å². The molecule has 5 heteroatoms. The van der Waals surface area contributed by atoms with Crippen molar-refractivity contribution >= 4 is 0 Å². The third-order valence-corrected chi connectivity index (χ3v) is 4.53. The lowest BCUT2D eigenvalue weighted by Gasteiger charge is -2.23. The van der Waals surface area contributed by atoms with Crippen LogP contribution in [0.1, 0.15) is 30.5 Å². The van der Waals surface area contributed by atoms with Gasteiger partial charge in [0, 0.05) is 24.5 Å². The van der Waals surface area contributed by atoms with Crippen LogP contribution in [-0.2, 0) is 13.6 Å². The number of likely N-dealkylation sites (tertiary alicyclic amines) is 1. The second kappa shape index (κ2) is 6.01. The van der Waals surface area contributed by atoms with Crippen molar-refractivity contribution in [2.75, 3.05) is 6.54 Å². The highest BCUT2D eigenvalue weighted by Crippen LogP contribution is 2.33. The maximum atomic E-state index is 5.47. The molecule has 0 N–H and O–H groups in total. The molecule has 0 spiro atoms. The van der Waals surface area contributed by atoms with Gasteiger partial charge >= 0.3 is 0 Å². The highest BCUT2D eigenvalue weighted by molar-refractivity contribution is 5.53. The monoisotopic (exact) mass is 308 g/mol. The summed E-state index contributed by atoms with van der Waals surface area (Å²) in [6, 6.07) is 14.7. The Morgan fingerprint density at radius 1 is 1.17 bits per heavy atom. The van der Waals surface area contributed by atoms with E-state index in [9.17, 15) is 0 Å². The third kappa shape index (κ3) is 2.80. The van der Waals surface area contributed by atoms with E-state index in [-0.39, 0.29) is 0 Å².